The first kappa shape index (κ1) is 10.6. The van der Waals surface area contributed by atoms with Gasteiger partial charge in [-0.1, -0.05) is 0 Å². The second-order valence-corrected chi connectivity index (χ2v) is 5.61. The number of aliphatic carboxylic acids is 1. The molecule has 0 aromatic heterocycles. The van der Waals surface area contributed by atoms with Gasteiger partial charge in [-0.3, -0.25) is 4.21 Å². The molecule has 0 aromatic rings. The van der Waals surface area contributed by atoms with Crippen LogP contribution in [0.5, 0.6) is 0 Å². The van der Waals surface area contributed by atoms with Crippen LogP contribution in [0.3, 0.4) is 0 Å². The van der Waals surface area contributed by atoms with E-state index < -0.39 is 16.8 Å². The monoisotopic (exact) mass is 177 g/mol. The Morgan fingerprint density at radius 1 is 1.45 bits per heavy atom. The number of carboxylic acids is 1. The van der Waals surface area contributed by atoms with E-state index in [4.69, 9.17) is 0 Å². The number of hydrogen-bond donors (Lipinski definition) is 0. The SMILES string of the molecule is CC(C)(C)[S@](=O)CCC(=O)[O-]. The fourth-order valence-electron chi connectivity index (χ4n) is 0.482. The van der Waals surface area contributed by atoms with Crippen LogP contribution in [0.25, 0.3) is 0 Å². The maximum absolute atomic E-state index is 11.2. The molecule has 0 radical (unpaired) electrons. The first-order valence-corrected chi connectivity index (χ1v) is 4.74. The zero-order valence-electron chi connectivity index (χ0n) is 7.05. The fraction of sp³-hybridized carbons (Fsp3) is 0.857. The lowest BCUT2D eigenvalue weighted by Gasteiger charge is -2.17. The van der Waals surface area contributed by atoms with Crippen LogP contribution in [0.2, 0.25) is 0 Å². The zero-order valence-corrected chi connectivity index (χ0v) is 7.86. The lowest BCUT2D eigenvalue weighted by molar-refractivity contribution is -0.305. The Bertz CT molecular complexity index is 169. The molecule has 0 heterocycles. The maximum atomic E-state index is 11.2. The van der Waals surface area contributed by atoms with E-state index in [9.17, 15) is 14.1 Å². The van der Waals surface area contributed by atoms with Crippen molar-refractivity contribution in [3.8, 4) is 0 Å². The van der Waals surface area contributed by atoms with Crippen LogP contribution in [-0.4, -0.2) is 20.7 Å². The largest absolute Gasteiger partial charge is 0.550 e. The number of hydrogen-bond acceptors (Lipinski definition) is 3. The molecular weight excluding hydrogens is 164 g/mol. The van der Waals surface area contributed by atoms with Crippen molar-refractivity contribution in [2.24, 2.45) is 0 Å². The van der Waals surface area contributed by atoms with Crippen molar-refractivity contribution >= 4 is 16.8 Å². The van der Waals surface area contributed by atoms with Crippen molar-refractivity contribution in [3.05, 3.63) is 0 Å². The van der Waals surface area contributed by atoms with Crippen LogP contribution < -0.4 is 5.11 Å². The van der Waals surface area contributed by atoms with Crippen LogP contribution in [0.4, 0.5) is 0 Å². The van der Waals surface area contributed by atoms with Crippen molar-refractivity contribution in [3.63, 3.8) is 0 Å². The summed E-state index contributed by atoms with van der Waals surface area (Å²) in [5, 5.41) is 9.99. The van der Waals surface area contributed by atoms with Crippen LogP contribution in [0, 0.1) is 0 Å². The van der Waals surface area contributed by atoms with E-state index in [1.54, 1.807) is 0 Å². The summed E-state index contributed by atoms with van der Waals surface area (Å²) in [6.07, 6.45) is -0.121. The molecule has 4 heteroatoms. The standard InChI is InChI=1S/C7H14O3S/c1-7(2,3)11(10)5-4-6(8)9/h4-5H2,1-3H3,(H,8,9)/p-1/t11-/m1/s1. The minimum atomic E-state index is -1.14. The van der Waals surface area contributed by atoms with Gasteiger partial charge in [0.15, 0.2) is 0 Å². The van der Waals surface area contributed by atoms with E-state index in [1.165, 1.54) is 0 Å². The zero-order chi connectivity index (χ0) is 9.07. The van der Waals surface area contributed by atoms with Crippen LogP contribution in [0.15, 0.2) is 0 Å². The highest BCUT2D eigenvalue weighted by Gasteiger charge is 2.18. The summed E-state index contributed by atoms with van der Waals surface area (Å²) in [4.78, 5) is 9.99. The third-order valence-electron chi connectivity index (χ3n) is 1.17. The molecule has 0 spiro atoms. The number of rotatable bonds is 3. The second-order valence-electron chi connectivity index (χ2n) is 3.28. The molecule has 0 rings (SSSR count). The summed E-state index contributed by atoms with van der Waals surface area (Å²) < 4.78 is 10.9. The molecule has 0 saturated carbocycles. The molecule has 0 amide bonds. The number of carboxylic acid groups (broad SMARTS) is 1. The van der Waals surface area contributed by atoms with Gasteiger partial charge >= 0.3 is 0 Å². The van der Waals surface area contributed by atoms with Gasteiger partial charge in [-0.2, -0.15) is 0 Å². The smallest absolute Gasteiger partial charge is 0.0423 e. The Balaban J connectivity index is 3.80. The van der Waals surface area contributed by atoms with E-state index in [2.05, 4.69) is 0 Å². The highest BCUT2D eigenvalue weighted by molar-refractivity contribution is 7.86. The van der Waals surface area contributed by atoms with Crippen LogP contribution in [-0.2, 0) is 15.6 Å². The van der Waals surface area contributed by atoms with Crippen LogP contribution >= 0.6 is 0 Å². The van der Waals surface area contributed by atoms with E-state index in [1.807, 2.05) is 20.8 Å². The van der Waals surface area contributed by atoms with E-state index >= 15 is 0 Å². The summed E-state index contributed by atoms with van der Waals surface area (Å²) in [7, 11) is -1.08. The average molecular weight is 177 g/mol. The van der Waals surface area contributed by atoms with Crippen molar-refractivity contribution in [2.45, 2.75) is 31.9 Å². The molecule has 0 aliphatic carbocycles. The Morgan fingerprint density at radius 2 is 1.91 bits per heavy atom. The molecule has 66 valence electrons. The molecule has 0 N–H and O–H groups in total. The molecule has 0 bridgehead atoms. The van der Waals surface area contributed by atoms with Crippen molar-refractivity contribution in [1.82, 2.24) is 0 Å². The molecule has 0 unspecified atom stereocenters. The fourth-order valence-corrected chi connectivity index (χ4v) is 1.45. The minimum Gasteiger partial charge on any atom is -0.550 e. The van der Waals surface area contributed by atoms with Gasteiger partial charge in [-0.25, -0.2) is 0 Å². The Labute approximate surface area is 69.3 Å². The summed E-state index contributed by atoms with van der Waals surface area (Å²) in [6, 6.07) is 0. The van der Waals surface area contributed by atoms with E-state index in [-0.39, 0.29) is 16.9 Å². The third-order valence-corrected chi connectivity index (χ3v) is 3.12. The molecule has 0 fully saturated rings. The van der Waals surface area contributed by atoms with Gasteiger partial charge in [-0.15, -0.1) is 0 Å². The predicted octanol–water partition coefficient (Wildman–Crippen LogP) is -0.326. The van der Waals surface area contributed by atoms with Gasteiger partial charge in [0.1, 0.15) is 0 Å². The van der Waals surface area contributed by atoms with Crippen molar-refractivity contribution in [2.75, 3.05) is 5.75 Å². The predicted molar refractivity (Wildman–Crippen MR) is 42.4 cm³/mol. The van der Waals surface area contributed by atoms with Gasteiger partial charge in [0, 0.05) is 27.3 Å². The summed E-state index contributed by atoms with van der Waals surface area (Å²) in [5.41, 5.74) is 0. The highest BCUT2D eigenvalue weighted by Crippen LogP contribution is 2.11. The molecule has 0 aliphatic heterocycles. The molecular formula is C7H13O3S-. The Kier molecular flexibility index (Phi) is 3.72. The van der Waals surface area contributed by atoms with Crippen molar-refractivity contribution in [1.29, 1.82) is 0 Å². The molecule has 0 aromatic carbocycles. The lowest BCUT2D eigenvalue weighted by atomic mass is 10.3. The molecule has 3 nitrogen and oxygen atoms in total. The third kappa shape index (κ3) is 4.95. The topological polar surface area (TPSA) is 57.2 Å². The van der Waals surface area contributed by atoms with Gasteiger partial charge in [0.05, 0.1) is 0 Å². The summed E-state index contributed by atoms with van der Waals surface area (Å²) in [5.74, 6) is -0.950. The number of carbonyl (C=O) groups is 1. The normalized spacial score (nSPS) is 14.5. The average Bonchev–Trinajstić information content (AvgIpc) is 1.80. The first-order valence-electron chi connectivity index (χ1n) is 3.42. The van der Waals surface area contributed by atoms with Gasteiger partial charge in [0.2, 0.25) is 0 Å². The second kappa shape index (κ2) is 3.85. The molecule has 1 atom stereocenters. The molecule has 0 aliphatic rings. The lowest BCUT2D eigenvalue weighted by Crippen LogP contribution is -2.29. The summed E-state index contributed by atoms with van der Waals surface area (Å²) >= 11 is 0. The molecule has 11 heavy (non-hydrogen) atoms. The van der Waals surface area contributed by atoms with Gasteiger partial charge in [0.25, 0.3) is 0 Å². The molecule has 0 saturated heterocycles. The number of carbonyl (C=O) groups excluding carboxylic acids is 1. The first-order chi connectivity index (χ1) is 4.84. The van der Waals surface area contributed by atoms with E-state index in [0.29, 0.717) is 0 Å². The van der Waals surface area contributed by atoms with E-state index in [0.717, 1.165) is 0 Å². The highest BCUT2D eigenvalue weighted by atomic mass is 32.2. The Hall–Kier alpha value is -0.380. The van der Waals surface area contributed by atoms with Crippen molar-refractivity contribution < 1.29 is 14.1 Å². The Morgan fingerprint density at radius 3 is 2.18 bits per heavy atom. The van der Waals surface area contributed by atoms with Gasteiger partial charge < -0.3 is 9.90 Å². The minimum absolute atomic E-state index is 0.121. The quantitative estimate of drug-likeness (QED) is 0.593. The summed E-state index contributed by atoms with van der Waals surface area (Å²) in [6.45, 7) is 5.45. The maximum Gasteiger partial charge on any atom is 0.0423 e. The van der Waals surface area contributed by atoms with Crippen LogP contribution in [0.1, 0.15) is 27.2 Å². The van der Waals surface area contributed by atoms with Gasteiger partial charge in [-0.05, 0) is 27.2 Å².